The Balaban J connectivity index is 1.93. The largest absolute Gasteiger partial charge is 0.322 e. The molecule has 0 bridgehead atoms. The van der Waals surface area contributed by atoms with Gasteiger partial charge in [-0.05, 0) is 29.7 Å². The van der Waals surface area contributed by atoms with E-state index in [1.165, 1.54) is 6.92 Å². The molecule has 0 saturated heterocycles. The average molecular weight is 306 g/mol. The number of anilines is 1. The van der Waals surface area contributed by atoms with Crippen molar-refractivity contribution in [3.8, 4) is 0 Å². The minimum atomic E-state index is -0.256. The number of carbonyl (C=O) groups excluding carboxylic acids is 2. The first kappa shape index (κ1) is 15.0. The van der Waals surface area contributed by atoms with Crippen LogP contribution in [0.25, 0.3) is 6.08 Å². The van der Waals surface area contributed by atoms with Gasteiger partial charge in [-0.1, -0.05) is 48.5 Å². The Morgan fingerprint density at radius 2 is 1.74 bits per heavy atom. The highest BCUT2D eigenvalue weighted by molar-refractivity contribution is 6.10. The molecule has 1 N–H and O–H groups in total. The first-order chi connectivity index (χ1) is 11.1. The van der Waals surface area contributed by atoms with Crippen molar-refractivity contribution in [1.82, 2.24) is 5.32 Å². The first-order valence-corrected chi connectivity index (χ1v) is 7.59. The van der Waals surface area contributed by atoms with Crippen LogP contribution in [0.1, 0.15) is 18.1 Å². The summed E-state index contributed by atoms with van der Waals surface area (Å²) in [5.41, 5.74) is 3.24. The quantitative estimate of drug-likeness (QED) is 0.887. The highest BCUT2D eigenvalue weighted by Gasteiger charge is 2.26. The standard InChI is InChI=1S/C19H18N2O2/c1-14(22)20-17(13-15-7-3-2-4-8-15)19(23)21-12-11-16-9-5-6-10-18(16)21/h2-10,13H,11-12H2,1H3,(H,20,22)/b17-13+. The van der Waals surface area contributed by atoms with Crippen LogP contribution in [0.4, 0.5) is 5.69 Å². The van der Waals surface area contributed by atoms with Crippen LogP contribution < -0.4 is 10.2 Å². The van der Waals surface area contributed by atoms with E-state index >= 15 is 0 Å². The normalized spacial score (nSPS) is 13.6. The van der Waals surface area contributed by atoms with Crippen molar-refractivity contribution in [2.75, 3.05) is 11.4 Å². The van der Waals surface area contributed by atoms with E-state index in [1.807, 2.05) is 54.6 Å². The van der Waals surface area contributed by atoms with Crippen LogP contribution in [-0.4, -0.2) is 18.4 Å². The summed E-state index contributed by atoms with van der Waals surface area (Å²) in [5.74, 6) is -0.443. The van der Waals surface area contributed by atoms with Crippen molar-refractivity contribution < 1.29 is 9.59 Å². The predicted octanol–water partition coefficient (Wildman–Crippen LogP) is 2.75. The summed E-state index contributed by atoms with van der Waals surface area (Å²) in [5, 5.41) is 2.67. The van der Waals surface area contributed by atoms with Gasteiger partial charge in [0.05, 0.1) is 0 Å². The number of fused-ring (bicyclic) bond motifs is 1. The van der Waals surface area contributed by atoms with E-state index in [-0.39, 0.29) is 11.8 Å². The van der Waals surface area contributed by atoms with Gasteiger partial charge >= 0.3 is 0 Å². The Labute approximate surface area is 135 Å². The Kier molecular flexibility index (Phi) is 4.24. The Morgan fingerprint density at radius 3 is 2.48 bits per heavy atom. The summed E-state index contributed by atoms with van der Waals surface area (Å²) in [6.45, 7) is 2.04. The summed E-state index contributed by atoms with van der Waals surface area (Å²) in [4.78, 5) is 26.1. The Morgan fingerprint density at radius 1 is 1.04 bits per heavy atom. The lowest BCUT2D eigenvalue weighted by Gasteiger charge is -2.19. The minimum Gasteiger partial charge on any atom is -0.322 e. The molecular formula is C19H18N2O2. The van der Waals surface area contributed by atoms with Crippen molar-refractivity contribution in [1.29, 1.82) is 0 Å². The summed E-state index contributed by atoms with van der Waals surface area (Å²) in [7, 11) is 0. The van der Waals surface area contributed by atoms with Gasteiger partial charge in [0.15, 0.2) is 0 Å². The van der Waals surface area contributed by atoms with Gasteiger partial charge < -0.3 is 10.2 Å². The third-order valence-corrected chi connectivity index (χ3v) is 3.78. The number of amides is 2. The van der Waals surface area contributed by atoms with E-state index < -0.39 is 0 Å². The van der Waals surface area contributed by atoms with E-state index in [0.29, 0.717) is 12.2 Å². The van der Waals surface area contributed by atoms with E-state index in [1.54, 1.807) is 11.0 Å². The molecule has 0 aromatic heterocycles. The lowest BCUT2D eigenvalue weighted by atomic mass is 10.1. The Hall–Kier alpha value is -2.88. The maximum Gasteiger partial charge on any atom is 0.274 e. The topological polar surface area (TPSA) is 49.4 Å². The number of nitrogens with zero attached hydrogens (tertiary/aromatic N) is 1. The minimum absolute atomic E-state index is 0.186. The second-order valence-corrected chi connectivity index (χ2v) is 5.49. The summed E-state index contributed by atoms with van der Waals surface area (Å²) < 4.78 is 0. The monoisotopic (exact) mass is 306 g/mol. The van der Waals surface area contributed by atoms with Crippen LogP contribution >= 0.6 is 0 Å². The zero-order valence-electron chi connectivity index (χ0n) is 13.0. The van der Waals surface area contributed by atoms with Gasteiger partial charge in [0.2, 0.25) is 5.91 Å². The zero-order valence-corrected chi connectivity index (χ0v) is 13.0. The molecule has 1 aliphatic heterocycles. The lowest BCUT2D eigenvalue weighted by Crippen LogP contribution is -2.36. The second-order valence-electron chi connectivity index (χ2n) is 5.49. The molecule has 0 unspecified atom stereocenters. The van der Waals surface area contributed by atoms with E-state index in [4.69, 9.17) is 0 Å². The van der Waals surface area contributed by atoms with Crippen LogP contribution in [0.5, 0.6) is 0 Å². The van der Waals surface area contributed by atoms with Gasteiger partial charge in [-0.2, -0.15) is 0 Å². The van der Waals surface area contributed by atoms with Gasteiger partial charge in [-0.15, -0.1) is 0 Å². The fourth-order valence-electron chi connectivity index (χ4n) is 2.75. The molecular weight excluding hydrogens is 288 g/mol. The molecule has 116 valence electrons. The van der Waals surface area contributed by atoms with E-state index in [2.05, 4.69) is 5.32 Å². The summed E-state index contributed by atoms with van der Waals surface area (Å²) in [6, 6.07) is 17.4. The van der Waals surface area contributed by atoms with Crippen LogP contribution in [0.15, 0.2) is 60.3 Å². The van der Waals surface area contributed by atoms with E-state index in [9.17, 15) is 9.59 Å². The average Bonchev–Trinajstić information content (AvgIpc) is 2.98. The number of benzene rings is 2. The van der Waals surface area contributed by atoms with Crippen molar-refractivity contribution in [3.63, 3.8) is 0 Å². The molecule has 0 atom stereocenters. The molecule has 0 saturated carbocycles. The number of carbonyl (C=O) groups is 2. The highest BCUT2D eigenvalue weighted by atomic mass is 16.2. The maximum atomic E-state index is 12.9. The molecule has 0 radical (unpaired) electrons. The van der Waals surface area contributed by atoms with E-state index in [0.717, 1.165) is 23.2 Å². The molecule has 23 heavy (non-hydrogen) atoms. The smallest absolute Gasteiger partial charge is 0.274 e. The SMILES string of the molecule is CC(=O)N/C(=C/c1ccccc1)C(=O)N1CCc2ccccc21. The second kappa shape index (κ2) is 6.48. The molecule has 4 heteroatoms. The van der Waals surface area contributed by atoms with Crippen molar-refractivity contribution >= 4 is 23.6 Å². The molecule has 4 nitrogen and oxygen atoms in total. The maximum absolute atomic E-state index is 12.9. The van der Waals surface area contributed by atoms with Crippen LogP contribution in [0, 0.1) is 0 Å². The number of rotatable bonds is 3. The number of nitrogens with one attached hydrogen (secondary N) is 1. The molecule has 2 aromatic rings. The van der Waals surface area contributed by atoms with Crippen molar-refractivity contribution in [2.45, 2.75) is 13.3 Å². The Bertz CT molecular complexity index is 766. The molecule has 1 aliphatic rings. The summed E-state index contributed by atoms with van der Waals surface area (Å²) >= 11 is 0. The van der Waals surface area contributed by atoms with Gasteiger partial charge in [0.25, 0.3) is 5.91 Å². The molecule has 2 amide bonds. The first-order valence-electron chi connectivity index (χ1n) is 7.59. The number of hydrogen-bond donors (Lipinski definition) is 1. The highest BCUT2D eigenvalue weighted by Crippen LogP contribution is 2.28. The zero-order chi connectivity index (χ0) is 16.2. The van der Waals surface area contributed by atoms with Gasteiger partial charge in [-0.25, -0.2) is 0 Å². The van der Waals surface area contributed by atoms with Crippen molar-refractivity contribution in [2.24, 2.45) is 0 Å². The van der Waals surface area contributed by atoms with Crippen LogP contribution in [0.2, 0.25) is 0 Å². The van der Waals surface area contributed by atoms with Gasteiger partial charge in [0.1, 0.15) is 5.70 Å². The number of hydrogen-bond acceptors (Lipinski definition) is 2. The third kappa shape index (κ3) is 3.31. The fourth-order valence-corrected chi connectivity index (χ4v) is 2.75. The van der Waals surface area contributed by atoms with Crippen molar-refractivity contribution in [3.05, 3.63) is 71.4 Å². The van der Waals surface area contributed by atoms with Gasteiger partial charge in [0, 0.05) is 19.2 Å². The summed E-state index contributed by atoms with van der Waals surface area (Å²) in [6.07, 6.45) is 2.55. The molecule has 0 fully saturated rings. The lowest BCUT2D eigenvalue weighted by molar-refractivity contribution is -0.121. The molecule has 3 rings (SSSR count). The van der Waals surface area contributed by atoms with Gasteiger partial charge in [-0.3, -0.25) is 9.59 Å². The molecule has 0 aliphatic carbocycles. The molecule has 2 aromatic carbocycles. The predicted molar refractivity (Wildman–Crippen MR) is 90.7 cm³/mol. The van der Waals surface area contributed by atoms with Crippen LogP contribution in [0.3, 0.4) is 0 Å². The fraction of sp³-hybridized carbons (Fsp3) is 0.158. The molecule has 1 heterocycles. The number of para-hydroxylation sites is 1. The van der Waals surface area contributed by atoms with Crippen LogP contribution in [-0.2, 0) is 16.0 Å². The third-order valence-electron chi connectivity index (χ3n) is 3.78. The molecule has 0 spiro atoms.